The summed E-state index contributed by atoms with van der Waals surface area (Å²) < 4.78 is 0. The van der Waals surface area contributed by atoms with Crippen molar-refractivity contribution in [1.82, 2.24) is 20.6 Å². The van der Waals surface area contributed by atoms with Gasteiger partial charge in [0.2, 0.25) is 11.9 Å². The third-order valence-electron chi connectivity index (χ3n) is 4.37. The summed E-state index contributed by atoms with van der Waals surface area (Å²) in [6.45, 7) is 2.29. The molecule has 0 saturated carbocycles. The van der Waals surface area contributed by atoms with E-state index in [0.717, 1.165) is 19.4 Å². The quantitative estimate of drug-likeness (QED) is 0.763. The van der Waals surface area contributed by atoms with Crippen molar-refractivity contribution < 1.29 is 9.59 Å². The van der Waals surface area contributed by atoms with Gasteiger partial charge in [-0.15, -0.1) is 0 Å². The Labute approximate surface area is 152 Å². The van der Waals surface area contributed by atoms with Crippen LogP contribution in [0.1, 0.15) is 23.2 Å². The monoisotopic (exact) mass is 353 g/mol. The number of carbonyl (C=O) groups is 2. The standard InChI is InChI=1S/C19H23N5O2/c25-17(15-6-2-1-3-7-15)20-11-12-21-18(26)16-8-4-13-24(14-16)19-22-9-5-10-23-19/h1-3,5-7,9-10,16H,4,8,11-14H2,(H,20,25)(H,21,26). The molecule has 3 rings (SSSR count). The van der Waals surface area contributed by atoms with Gasteiger partial charge in [-0.3, -0.25) is 9.59 Å². The van der Waals surface area contributed by atoms with Crippen molar-refractivity contribution in [3.63, 3.8) is 0 Å². The van der Waals surface area contributed by atoms with Crippen molar-refractivity contribution in [3.8, 4) is 0 Å². The first kappa shape index (κ1) is 17.8. The number of rotatable bonds is 6. The van der Waals surface area contributed by atoms with E-state index in [1.165, 1.54) is 0 Å². The van der Waals surface area contributed by atoms with Gasteiger partial charge in [-0.25, -0.2) is 9.97 Å². The van der Waals surface area contributed by atoms with Crippen LogP contribution in [0, 0.1) is 5.92 Å². The summed E-state index contributed by atoms with van der Waals surface area (Å²) >= 11 is 0. The van der Waals surface area contributed by atoms with Crippen molar-refractivity contribution in [2.24, 2.45) is 5.92 Å². The number of hydrogen-bond acceptors (Lipinski definition) is 5. The molecule has 2 N–H and O–H groups in total. The molecule has 1 unspecified atom stereocenters. The molecule has 0 radical (unpaired) electrons. The van der Waals surface area contributed by atoms with E-state index >= 15 is 0 Å². The topological polar surface area (TPSA) is 87.2 Å². The number of piperidine rings is 1. The Balaban J connectivity index is 1.41. The van der Waals surface area contributed by atoms with Gasteiger partial charge in [-0.1, -0.05) is 18.2 Å². The van der Waals surface area contributed by atoms with E-state index in [1.54, 1.807) is 30.6 Å². The third-order valence-corrected chi connectivity index (χ3v) is 4.37. The Morgan fingerprint density at radius 2 is 1.77 bits per heavy atom. The number of benzene rings is 1. The predicted octanol–water partition coefficient (Wildman–Crippen LogP) is 1.24. The number of aromatic nitrogens is 2. The summed E-state index contributed by atoms with van der Waals surface area (Å²) in [4.78, 5) is 34.9. The lowest BCUT2D eigenvalue weighted by Crippen LogP contribution is -2.45. The molecule has 1 aromatic carbocycles. The molecule has 1 atom stereocenters. The third kappa shape index (κ3) is 4.78. The molecule has 1 saturated heterocycles. The summed E-state index contributed by atoms with van der Waals surface area (Å²) in [7, 11) is 0. The summed E-state index contributed by atoms with van der Waals surface area (Å²) in [6.07, 6.45) is 5.20. The van der Waals surface area contributed by atoms with Crippen LogP contribution < -0.4 is 15.5 Å². The maximum absolute atomic E-state index is 12.4. The molecule has 1 aromatic heterocycles. The second kappa shape index (κ2) is 8.94. The number of carbonyl (C=O) groups excluding carboxylic acids is 2. The van der Waals surface area contributed by atoms with E-state index in [1.807, 2.05) is 23.1 Å². The molecule has 2 amide bonds. The largest absolute Gasteiger partial charge is 0.354 e. The van der Waals surface area contributed by atoms with Crippen molar-refractivity contribution in [2.45, 2.75) is 12.8 Å². The van der Waals surface area contributed by atoms with Gasteiger partial charge in [0.1, 0.15) is 0 Å². The molecule has 26 heavy (non-hydrogen) atoms. The van der Waals surface area contributed by atoms with Crippen LogP contribution in [0.15, 0.2) is 48.8 Å². The molecular formula is C19H23N5O2. The first-order chi connectivity index (χ1) is 12.7. The number of hydrogen-bond donors (Lipinski definition) is 2. The van der Waals surface area contributed by atoms with Crippen LogP contribution in [0.5, 0.6) is 0 Å². The van der Waals surface area contributed by atoms with Crippen LogP contribution in [0.2, 0.25) is 0 Å². The highest BCUT2D eigenvalue weighted by molar-refractivity contribution is 5.94. The van der Waals surface area contributed by atoms with E-state index in [9.17, 15) is 9.59 Å². The molecule has 1 aliphatic heterocycles. The first-order valence-electron chi connectivity index (χ1n) is 8.87. The Morgan fingerprint density at radius 3 is 2.54 bits per heavy atom. The number of amides is 2. The van der Waals surface area contributed by atoms with Gasteiger partial charge < -0.3 is 15.5 Å². The van der Waals surface area contributed by atoms with E-state index in [0.29, 0.717) is 31.1 Å². The molecule has 0 bridgehead atoms. The zero-order valence-corrected chi connectivity index (χ0v) is 14.6. The van der Waals surface area contributed by atoms with E-state index in [4.69, 9.17) is 0 Å². The van der Waals surface area contributed by atoms with Crippen molar-refractivity contribution >= 4 is 17.8 Å². The zero-order chi connectivity index (χ0) is 18.2. The number of anilines is 1. The average Bonchev–Trinajstić information content (AvgIpc) is 2.72. The highest BCUT2D eigenvalue weighted by atomic mass is 16.2. The Morgan fingerprint density at radius 1 is 1.04 bits per heavy atom. The van der Waals surface area contributed by atoms with Crippen molar-refractivity contribution in [3.05, 3.63) is 54.4 Å². The lowest BCUT2D eigenvalue weighted by molar-refractivity contribution is -0.125. The van der Waals surface area contributed by atoms with Gasteiger partial charge in [0, 0.05) is 44.1 Å². The predicted molar refractivity (Wildman–Crippen MR) is 98.8 cm³/mol. The molecule has 2 heterocycles. The fourth-order valence-electron chi connectivity index (χ4n) is 3.02. The summed E-state index contributed by atoms with van der Waals surface area (Å²) in [5, 5.41) is 5.72. The van der Waals surface area contributed by atoms with Gasteiger partial charge >= 0.3 is 0 Å². The smallest absolute Gasteiger partial charge is 0.251 e. The normalized spacial score (nSPS) is 16.8. The van der Waals surface area contributed by atoms with E-state index in [2.05, 4.69) is 20.6 Å². The van der Waals surface area contributed by atoms with Gasteiger partial charge in [-0.05, 0) is 31.0 Å². The van der Waals surface area contributed by atoms with E-state index in [-0.39, 0.29) is 17.7 Å². The Hall–Kier alpha value is -2.96. The maximum Gasteiger partial charge on any atom is 0.251 e. The number of nitrogens with zero attached hydrogens (tertiary/aromatic N) is 3. The highest BCUT2D eigenvalue weighted by Crippen LogP contribution is 2.19. The van der Waals surface area contributed by atoms with Gasteiger partial charge in [-0.2, -0.15) is 0 Å². The van der Waals surface area contributed by atoms with Crippen LogP contribution in [0.25, 0.3) is 0 Å². The van der Waals surface area contributed by atoms with Crippen LogP contribution >= 0.6 is 0 Å². The lowest BCUT2D eigenvalue weighted by atomic mass is 9.97. The Kier molecular flexibility index (Phi) is 6.14. The second-order valence-electron chi connectivity index (χ2n) is 6.25. The van der Waals surface area contributed by atoms with Crippen LogP contribution in [-0.2, 0) is 4.79 Å². The fraction of sp³-hybridized carbons (Fsp3) is 0.368. The van der Waals surface area contributed by atoms with Gasteiger partial charge in [0.05, 0.1) is 5.92 Å². The van der Waals surface area contributed by atoms with E-state index < -0.39 is 0 Å². The first-order valence-corrected chi connectivity index (χ1v) is 8.87. The number of nitrogens with one attached hydrogen (secondary N) is 2. The van der Waals surface area contributed by atoms with Crippen LogP contribution in [-0.4, -0.2) is 48.0 Å². The second-order valence-corrected chi connectivity index (χ2v) is 6.25. The van der Waals surface area contributed by atoms with Gasteiger partial charge in [0.25, 0.3) is 5.91 Å². The summed E-state index contributed by atoms with van der Waals surface area (Å²) in [5.41, 5.74) is 0.615. The van der Waals surface area contributed by atoms with Crippen LogP contribution in [0.4, 0.5) is 5.95 Å². The molecular weight excluding hydrogens is 330 g/mol. The molecule has 136 valence electrons. The van der Waals surface area contributed by atoms with Crippen molar-refractivity contribution in [1.29, 1.82) is 0 Å². The molecule has 0 aliphatic carbocycles. The Bertz CT molecular complexity index is 723. The minimum atomic E-state index is -0.134. The van der Waals surface area contributed by atoms with Crippen LogP contribution in [0.3, 0.4) is 0 Å². The zero-order valence-electron chi connectivity index (χ0n) is 14.6. The maximum atomic E-state index is 12.4. The summed E-state index contributed by atoms with van der Waals surface area (Å²) in [5.74, 6) is 0.460. The molecule has 7 heteroatoms. The fourth-order valence-corrected chi connectivity index (χ4v) is 3.02. The molecule has 1 fully saturated rings. The minimum absolute atomic E-state index is 0.0135. The van der Waals surface area contributed by atoms with Crippen molar-refractivity contribution in [2.75, 3.05) is 31.1 Å². The molecule has 1 aliphatic rings. The average molecular weight is 353 g/mol. The molecule has 7 nitrogen and oxygen atoms in total. The lowest BCUT2D eigenvalue weighted by Gasteiger charge is -2.31. The summed E-state index contributed by atoms with van der Waals surface area (Å²) in [6, 6.07) is 10.8. The highest BCUT2D eigenvalue weighted by Gasteiger charge is 2.26. The molecule has 0 spiro atoms. The van der Waals surface area contributed by atoms with Gasteiger partial charge in [0.15, 0.2) is 0 Å². The molecule has 2 aromatic rings. The minimum Gasteiger partial charge on any atom is -0.354 e. The SMILES string of the molecule is O=C(NCCNC(=O)C1CCCN(c2ncccn2)C1)c1ccccc1.